The molecule has 1 atom stereocenters. The minimum atomic E-state index is -0.553. The van der Waals surface area contributed by atoms with Crippen LogP contribution >= 0.6 is 34.8 Å². The first kappa shape index (κ1) is 13.7. The molecule has 3 nitrogen and oxygen atoms in total. The molecule has 0 aromatic heterocycles. The minimum absolute atomic E-state index is 0.124. The average molecular weight is 307 g/mol. The molecule has 0 aliphatic carbocycles. The Morgan fingerprint density at radius 2 is 1.83 bits per heavy atom. The summed E-state index contributed by atoms with van der Waals surface area (Å²) in [6, 6.07) is 2.38. The summed E-state index contributed by atoms with van der Waals surface area (Å²) in [5.74, 6) is -0.393. The second-order valence-corrected chi connectivity index (χ2v) is 5.37. The molecule has 1 amide bonds. The molecule has 1 fully saturated rings. The Balaban J connectivity index is 2.31. The molecular formula is C12H10Cl3NO2. The molecule has 1 N–H and O–H groups in total. The van der Waals surface area contributed by atoms with Crippen molar-refractivity contribution in [3.63, 3.8) is 0 Å². The summed E-state index contributed by atoms with van der Waals surface area (Å²) in [5.41, 5.74) is 0.218. The van der Waals surface area contributed by atoms with Crippen LogP contribution < -0.4 is 5.32 Å². The van der Waals surface area contributed by atoms with E-state index < -0.39 is 6.04 Å². The van der Waals surface area contributed by atoms with Gasteiger partial charge in [-0.05, 0) is 25.0 Å². The normalized spacial score (nSPS) is 19.5. The Labute approximate surface area is 119 Å². The first-order chi connectivity index (χ1) is 8.49. The summed E-state index contributed by atoms with van der Waals surface area (Å²) in [6.07, 6.45) is 1.73. The molecular weight excluding hydrogens is 296 g/mol. The largest absolute Gasteiger partial charge is 0.346 e. The zero-order valence-electron chi connectivity index (χ0n) is 9.30. The lowest BCUT2D eigenvalue weighted by molar-refractivity contribution is -0.122. The van der Waals surface area contributed by atoms with Crippen LogP contribution in [0, 0.1) is 0 Å². The summed E-state index contributed by atoms with van der Waals surface area (Å²) in [4.78, 5) is 23.6. The Kier molecular flexibility index (Phi) is 4.15. The second kappa shape index (κ2) is 5.47. The van der Waals surface area contributed by atoms with E-state index >= 15 is 0 Å². The standard InChI is InChI=1S/C12H10Cl3NO2/c13-6-4-7(14)11(8(15)5-6)12(18)9-2-1-3-10(17)16-9/h4-5,9H,1-3H2,(H,16,17). The number of hydrogen-bond donors (Lipinski definition) is 1. The van der Waals surface area contributed by atoms with Gasteiger partial charge in [0.2, 0.25) is 5.91 Å². The average Bonchev–Trinajstić information content (AvgIpc) is 2.27. The smallest absolute Gasteiger partial charge is 0.220 e. The van der Waals surface area contributed by atoms with Crippen LogP contribution in [0.15, 0.2) is 12.1 Å². The van der Waals surface area contributed by atoms with Crippen molar-refractivity contribution in [1.29, 1.82) is 0 Å². The highest BCUT2D eigenvalue weighted by Crippen LogP contribution is 2.30. The fraction of sp³-hybridized carbons (Fsp3) is 0.333. The van der Waals surface area contributed by atoms with Gasteiger partial charge in [-0.1, -0.05) is 34.8 Å². The lowest BCUT2D eigenvalue weighted by Crippen LogP contribution is -2.44. The first-order valence-corrected chi connectivity index (χ1v) is 6.60. The molecule has 1 aromatic carbocycles. The van der Waals surface area contributed by atoms with Gasteiger partial charge in [-0.25, -0.2) is 0 Å². The number of carbonyl (C=O) groups is 2. The lowest BCUT2D eigenvalue weighted by atomic mass is 9.96. The van der Waals surface area contributed by atoms with Crippen LogP contribution in [-0.2, 0) is 4.79 Å². The highest BCUT2D eigenvalue weighted by Gasteiger charge is 2.28. The summed E-state index contributed by atoms with van der Waals surface area (Å²) in [5, 5.41) is 3.43. The molecule has 1 aliphatic rings. The molecule has 0 spiro atoms. The molecule has 1 heterocycles. The predicted octanol–water partition coefficient (Wildman–Crippen LogP) is 3.50. The molecule has 1 unspecified atom stereocenters. The Bertz CT molecular complexity index is 493. The minimum Gasteiger partial charge on any atom is -0.346 e. The van der Waals surface area contributed by atoms with Crippen molar-refractivity contribution in [2.24, 2.45) is 0 Å². The van der Waals surface area contributed by atoms with E-state index in [2.05, 4.69) is 5.32 Å². The number of halogens is 3. The van der Waals surface area contributed by atoms with Gasteiger partial charge >= 0.3 is 0 Å². The van der Waals surface area contributed by atoms with Crippen LogP contribution in [0.25, 0.3) is 0 Å². The van der Waals surface area contributed by atoms with Crippen molar-refractivity contribution in [3.05, 3.63) is 32.8 Å². The van der Waals surface area contributed by atoms with Crippen molar-refractivity contribution in [3.8, 4) is 0 Å². The number of Topliss-reactive ketones (excluding diaryl/α,β-unsaturated/α-hetero) is 1. The topological polar surface area (TPSA) is 46.2 Å². The van der Waals surface area contributed by atoms with Crippen molar-refractivity contribution < 1.29 is 9.59 Å². The molecule has 0 radical (unpaired) electrons. The molecule has 1 aromatic rings. The van der Waals surface area contributed by atoms with Gasteiger partial charge in [-0.15, -0.1) is 0 Å². The van der Waals surface area contributed by atoms with Crippen molar-refractivity contribution in [1.82, 2.24) is 5.32 Å². The van der Waals surface area contributed by atoms with Crippen LogP contribution in [0.1, 0.15) is 29.6 Å². The highest BCUT2D eigenvalue weighted by atomic mass is 35.5. The number of ketones is 1. The number of carbonyl (C=O) groups excluding carboxylic acids is 2. The Morgan fingerprint density at radius 3 is 2.39 bits per heavy atom. The number of hydrogen-bond acceptors (Lipinski definition) is 2. The Morgan fingerprint density at radius 1 is 1.22 bits per heavy atom. The molecule has 0 saturated carbocycles. The SMILES string of the molecule is O=C1CCCC(C(=O)c2c(Cl)cc(Cl)cc2Cl)N1. The maximum atomic E-state index is 12.3. The van der Waals surface area contributed by atoms with E-state index in [9.17, 15) is 9.59 Å². The van der Waals surface area contributed by atoms with E-state index in [1.807, 2.05) is 0 Å². The maximum absolute atomic E-state index is 12.3. The van der Waals surface area contributed by atoms with Crippen molar-refractivity contribution >= 4 is 46.5 Å². The van der Waals surface area contributed by atoms with Crippen LogP contribution in [0.4, 0.5) is 0 Å². The van der Waals surface area contributed by atoms with Gasteiger partial charge in [0.25, 0.3) is 0 Å². The van der Waals surface area contributed by atoms with Gasteiger partial charge in [-0.3, -0.25) is 9.59 Å². The molecule has 1 aliphatic heterocycles. The van der Waals surface area contributed by atoms with Gasteiger partial charge in [0.15, 0.2) is 5.78 Å². The molecule has 6 heteroatoms. The molecule has 0 bridgehead atoms. The summed E-state index contributed by atoms with van der Waals surface area (Å²) in [6.45, 7) is 0. The van der Waals surface area contributed by atoms with E-state index in [0.29, 0.717) is 24.3 Å². The predicted molar refractivity (Wildman–Crippen MR) is 71.6 cm³/mol. The van der Waals surface area contributed by atoms with E-state index in [1.54, 1.807) is 0 Å². The Hall–Kier alpha value is -0.770. The van der Waals surface area contributed by atoms with E-state index in [1.165, 1.54) is 12.1 Å². The summed E-state index contributed by atoms with van der Waals surface area (Å²) < 4.78 is 0. The first-order valence-electron chi connectivity index (χ1n) is 5.47. The number of benzene rings is 1. The van der Waals surface area contributed by atoms with Crippen molar-refractivity contribution in [2.45, 2.75) is 25.3 Å². The van der Waals surface area contributed by atoms with Crippen LogP contribution in [0.3, 0.4) is 0 Å². The van der Waals surface area contributed by atoms with Crippen LogP contribution in [0.2, 0.25) is 15.1 Å². The molecule has 2 rings (SSSR count). The third-order valence-electron chi connectivity index (χ3n) is 2.80. The van der Waals surface area contributed by atoms with Crippen LogP contribution in [0.5, 0.6) is 0 Å². The lowest BCUT2D eigenvalue weighted by Gasteiger charge is -2.22. The number of piperidine rings is 1. The van der Waals surface area contributed by atoms with Gasteiger partial charge in [0, 0.05) is 11.4 Å². The fourth-order valence-electron chi connectivity index (χ4n) is 1.95. The second-order valence-electron chi connectivity index (χ2n) is 4.12. The van der Waals surface area contributed by atoms with Crippen LogP contribution in [-0.4, -0.2) is 17.7 Å². The maximum Gasteiger partial charge on any atom is 0.220 e. The van der Waals surface area contributed by atoms with Gasteiger partial charge < -0.3 is 5.32 Å². The van der Waals surface area contributed by atoms with E-state index in [4.69, 9.17) is 34.8 Å². The van der Waals surface area contributed by atoms with Gasteiger partial charge in [0.1, 0.15) is 0 Å². The molecule has 1 saturated heterocycles. The summed E-state index contributed by atoms with van der Waals surface area (Å²) >= 11 is 17.8. The monoisotopic (exact) mass is 305 g/mol. The zero-order chi connectivity index (χ0) is 13.3. The summed E-state index contributed by atoms with van der Waals surface area (Å²) in [7, 11) is 0. The third kappa shape index (κ3) is 2.79. The number of nitrogens with one attached hydrogen (secondary N) is 1. The van der Waals surface area contributed by atoms with Gasteiger partial charge in [0.05, 0.1) is 21.7 Å². The van der Waals surface area contributed by atoms with E-state index in [0.717, 1.165) is 0 Å². The number of amides is 1. The quantitative estimate of drug-likeness (QED) is 0.850. The van der Waals surface area contributed by atoms with E-state index in [-0.39, 0.29) is 27.3 Å². The molecule has 18 heavy (non-hydrogen) atoms. The molecule has 96 valence electrons. The zero-order valence-corrected chi connectivity index (χ0v) is 11.6. The van der Waals surface area contributed by atoms with Crippen molar-refractivity contribution in [2.75, 3.05) is 0 Å². The van der Waals surface area contributed by atoms with Gasteiger partial charge in [-0.2, -0.15) is 0 Å². The third-order valence-corrected chi connectivity index (χ3v) is 3.62. The highest BCUT2D eigenvalue weighted by molar-refractivity contribution is 6.42. The fourth-order valence-corrected chi connectivity index (χ4v) is 2.96. The number of rotatable bonds is 2.